The number of benzene rings is 4. The van der Waals surface area contributed by atoms with E-state index in [9.17, 15) is 15.0 Å². The monoisotopic (exact) mass is 385 g/mol. The number of carbonyl (C=O) groups excluding carboxylic acids is 1. The number of amides is 1. The van der Waals surface area contributed by atoms with Crippen molar-refractivity contribution in [3.63, 3.8) is 0 Å². The summed E-state index contributed by atoms with van der Waals surface area (Å²) in [6.07, 6.45) is 0. The SMILES string of the molecule is CCN(CC)C(=O)c1cc2ccccc2c(-c2c(O)ccc3ccccc23)c1O. The Kier molecular flexibility index (Phi) is 4.85. The van der Waals surface area contributed by atoms with Crippen LogP contribution in [0, 0.1) is 0 Å². The second-order valence-corrected chi connectivity index (χ2v) is 7.03. The molecule has 0 saturated heterocycles. The first kappa shape index (κ1) is 18.8. The number of phenols is 2. The van der Waals surface area contributed by atoms with Crippen molar-refractivity contribution in [3.8, 4) is 22.6 Å². The molecule has 4 aromatic rings. The average Bonchev–Trinajstić information content (AvgIpc) is 2.75. The normalized spacial score (nSPS) is 11.1. The van der Waals surface area contributed by atoms with Gasteiger partial charge in [-0.3, -0.25) is 4.79 Å². The molecule has 2 N–H and O–H groups in total. The van der Waals surface area contributed by atoms with Crippen molar-refractivity contribution in [2.24, 2.45) is 0 Å². The van der Waals surface area contributed by atoms with Crippen molar-refractivity contribution in [1.29, 1.82) is 0 Å². The number of hydrogen-bond acceptors (Lipinski definition) is 3. The molecule has 4 nitrogen and oxygen atoms in total. The summed E-state index contributed by atoms with van der Waals surface area (Å²) in [5.74, 6) is -0.261. The standard InChI is InChI=1S/C25H23NO3/c1-3-26(4-2)25(29)20-15-17-10-6-8-12-19(17)23(24(20)28)22-18-11-7-5-9-16(18)13-14-21(22)27/h5-15,27-28H,3-4H2,1-2H3. The summed E-state index contributed by atoms with van der Waals surface area (Å²) >= 11 is 0. The molecule has 0 atom stereocenters. The van der Waals surface area contributed by atoms with Gasteiger partial charge >= 0.3 is 0 Å². The van der Waals surface area contributed by atoms with Crippen LogP contribution >= 0.6 is 0 Å². The van der Waals surface area contributed by atoms with Crippen LogP contribution in [0.15, 0.2) is 66.7 Å². The Morgan fingerprint density at radius 1 is 0.793 bits per heavy atom. The molecule has 1 amide bonds. The van der Waals surface area contributed by atoms with Crippen LogP contribution in [0.5, 0.6) is 11.5 Å². The van der Waals surface area contributed by atoms with E-state index in [0.29, 0.717) is 24.2 Å². The number of carbonyl (C=O) groups is 1. The van der Waals surface area contributed by atoms with Gasteiger partial charge in [0.25, 0.3) is 5.91 Å². The van der Waals surface area contributed by atoms with E-state index in [4.69, 9.17) is 0 Å². The number of aromatic hydroxyl groups is 2. The molecule has 0 aliphatic rings. The van der Waals surface area contributed by atoms with Crippen molar-refractivity contribution in [3.05, 3.63) is 72.3 Å². The summed E-state index contributed by atoms with van der Waals surface area (Å²) < 4.78 is 0. The minimum absolute atomic E-state index is 0.0663. The Morgan fingerprint density at radius 2 is 1.38 bits per heavy atom. The van der Waals surface area contributed by atoms with Crippen molar-refractivity contribution < 1.29 is 15.0 Å². The zero-order valence-electron chi connectivity index (χ0n) is 16.5. The molecule has 0 aliphatic heterocycles. The van der Waals surface area contributed by atoms with Gasteiger partial charge in [0.2, 0.25) is 0 Å². The number of fused-ring (bicyclic) bond motifs is 2. The van der Waals surface area contributed by atoms with Gasteiger partial charge in [0.05, 0.1) is 5.56 Å². The minimum Gasteiger partial charge on any atom is -0.507 e. The highest BCUT2D eigenvalue weighted by molar-refractivity contribution is 6.13. The minimum atomic E-state index is -0.223. The zero-order valence-corrected chi connectivity index (χ0v) is 16.5. The van der Waals surface area contributed by atoms with Gasteiger partial charge < -0.3 is 15.1 Å². The maximum Gasteiger partial charge on any atom is 0.257 e. The third-order valence-corrected chi connectivity index (χ3v) is 5.46. The lowest BCUT2D eigenvalue weighted by atomic mass is 9.90. The summed E-state index contributed by atoms with van der Waals surface area (Å²) in [4.78, 5) is 14.8. The molecule has 4 heteroatoms. The predicted molar refractivity (Wildman–Crippen MR) is 117 cm³/mol. The number of nitrogens with zero attached hydrogens (tertiary/aromatic N) is 1. The lowest BCUT2D eigenvalue weighted by Gasteiger charge is -2.22. The van der Waals surface area contributed by atoms with Gasteiger partial charge in [-0.1, -0.05) is 54.6 Å². The van der Waals surface area contributed by atoms with E-state index in [1.54, 1.807) is 17.0 Å². The first-order chi connectivity index (χ1) is 14.1. The molecule has 0 aliphatic carbocycles. The maximum atomic E-state index is 13.1. The zero-order chi connectivity index (χ0) is 20.5. The molecule has 0 bridgehead atoms. The van der Waals surface area contributed by atoms with Crippen molar-refractivity contribution in [1.82, 2.24) is 4.90 Å². The summed E-state index contributed by atoms with van der Waals surface area (Å²) in [5.41, 5.74) is 1.26. The molecule has 0 radical (unpaired) electrons. The number of phenolic OH excluding ortho intramolecular Hbond substituents is 2. The van der Waals surface area contributed by atoms with Crippen LogP contribution < -0.4 is 0 Å². The largest absolute Gasteiger partial charge is 0.507 e. The molecular formula is C25H23NO3. The van der Waals surface area contributed by atoms with E-state index in [1.165, 1.54) is 0 Å². The maximum absolute atomic E-state index is 13.1. The first-order valence-electron chi connectivity index (χ1n) is 9.81. The number of rotatable bonds is 4. The number of hydrogen-bond donors (Lipinski definition) is 2. The molecule has 0 spiro atoms. The fourth-order valence-electron chi connectivity index (χ4n) is 3.96. The molecule has 146 valence electrons. The summed E-state index contributed by atoms with van der Waals surface area (Å²) in [7, 11) is 0. The molecule has 0 unspecified atom stereocenters. The molecule has 0 fully saturated rings. The smallest absolute Gasteiger partial charge is 0.257 e. The predicted octanol–water partition coefficient (Wildman–Crippen LogP) is 5.55. The van der Waals surface area contributed by atoms with Crippen LogP contribution in [-0.2, 0) is 0 Å². The highest BCUT2D eigenvalue weighted by atomic mass is 16.3. The lowest BCUT2D eigenvalue weighted by molar-refractivity contribution is 0.0770. The van der Waals surface area contributed by atoms with Crippen LogP contribution in [-0.4, -0.2) is 34.1 Å². The fraction of sp³-hybridized carbons (Fsp3) is 0.160. The van der Waals surface area contributed by atoms with Crippen molar-refractivity contribution in [2.45, 2.75) is 13.8 Å². The van der Waals surface area contributed by atoms with Gasteiger partial charge in [-0.05, 0) is 47.5 Å². The molecule has 29 heavy (non-hydrogen) atoms. The van der Waals surface area contributed by atoms with Gasteiger partial charge in [-0.25, -0.2) is 0 Å². The Morgan fingerprint density at radius 3 is 2.03 bits per heavy atom. The lowest BCUT2D eigenvalue weighted by Crippen LogP contribution is -2.30. The van der Waals surface area contributed by atoms with Gasteiger partial charge in [-0.15, -0.1) is 0 Å². The molecule has 0 aromatic heterocycles. The van der Waals surface area contributed by atoms with Gasteiger partial charge in [-0.2, -0.15) is 0 Å². The van der Waals surface area contributed by atoms with E-state index < -0.39 is 0 Å². The van der Waals surface area contributed by atoms with Gasteiger partial charge in [0, 0.05) is 24.2 Å². The molecule has 0 heterocycles. The van der Waals surface area contributed by atoms with Crippen molar-refractivity contribution in [2.75, 3.05) is 13.1 Å². The molecule has 4 aromatic carbocycles. The third-order valence-electron chi connectivity index (χ3n) is 5.46. The van der Waals surface area contributed by atoms with Crippen LogP contribution in [0.2, 0.25) is 0 Å². The van der Waals surface area contributed by atoms with Crippen LogP contribution in [0.3, 0.4) is 0 Å². The van der Waals surface area contributed by atoms with E-state index in [-0.39, 0.29) is 23.0 Å². The van der Waals surface area contributed by atoms with E-state index >= 15 is 0 Å². The Labute approximate surface area is 169 Å². The Bertz CT molecular complexity index is 1230. The average molecular weight is 385 g/mol. The fourth-order valence-corrected chi connectivity index (χ4v) is 3.96. The molecular weight excluding hydrogens is 362 g/mol. The van der Waals surface area contributed by atoms with E-state index in [2.05, 4.69) is 0 Å². The quantitative estimate of drug-likeness (QED) is 0.484. The van der Waals surface area contributed by atoms with Crippen LogP contribution in [0.25, 0.3) is 32.7 Å². The van der Waals surface area contributed by atoms with E-state index in [1.807, 2.05) is 68.4 Å². The Balaban J connectivity index is 2.12. The highest BCUT2D eigenvalue weighted by Crippen LogP contribution is 2.46. The second kappa shape index (κ2) is 7.47. The molecule has 0 saturated carbocycles. The first-order valence-corrected chi connectivity index (χ1v) is 9.81. The molecule has 4 rings (SSSR count). The second-order valence-electron chi connectivity index (χ2n) is 7.03. The van der Waals surface area contributed by atoms with Crippen LogP contribution in [0.4, 0.5) is 0 Å². The van der Waals surface area contributed by atoms with Gasteiger partial charge in [0.1, 0.15) is 11.5 Å². The van der Waals surface area contributed by atoms with Crippen molar-refractivity contribution >= 4 is 27.5 Å². The Hall–Kier alpha value is -3.53. The summed E-state index contributed by atoms with van der Waals surface area (Å²) in [6.45, 7) is 4.93. The topological polar surface area (TPSA) is 60.8 Å². The highest BCUT2D eigenvalue weighted by Gasteiger charge is 2.24. The van der Waals surface area contributed by atoms with E-state index in [0.717, 1.165) is 21.5 Å². The third kappa shape index (κ3) is 3.07. The summed E-state index contributed by atoms with van der Waals surface area (Å²) in [6, 6.07) is 20.5. The summed E-state index contributed by atoms with van der Waals surface area (Å²) in [5, 5.41) is 25.4. The van der Waals surface area contributed by atoms with Gasteiger partial charge in [0.15, 0.2) is 0 Å². The van der Waals surface area contributed by atoms with Crippen LogP contribution in [0.1, 0.15) is 24.2 Å².